The zero-order valence-corrected chi connectivity index (χ0v) is 11.3. The van der Waals surface area contributed by atoms with Crippen LogP contribution in [0.2, 0.25) is 0 Å². The van der Waals surface area contributed by atoms with Gasteiger partial charge in [-0.15, -0.1) is 0 Å². The lowest BCUT2D eigenvalue weighted by atomic mass is 10.2. The molecule has 2 aromatic rings. The summed E-state index contributed by atoms with van der Waals surface area (Å²) >= 11 is 1.32. The van der Waals surface area contributed by atoms with E-state index in [2.05, 4.69) is 4.98 Å². The minimum Gasteiger partial charge on any atom is -0.318 e. The van der Waals surface area contributed by atoms with Crippen molar-refractivity contribution < 1.29 is 9.18 Å². The zero-order valence-electron chi connectivity index (χ0n) is 10.5. The number of anilines is 2. The van der Waals surface area contributed by atoms with Crippen LogP contribution in [0.15, 0.2) is 24.3 Å². The highest BCUT2D eigenvalue weighted by Crippen LogP contribution is 2.44. The fourth-order valence-electron chi connectivity index (χ4n) is 2.04. The van der Waals surface area contributed by atoms with Crippen molar-refractivity contribution in [2.75, 3.05) is 11.9 Å². The van der Waals surface area contributed by atoms with Gasteiger partial charge in [0.05, 0.1) is 16.3 Å². The number of aromatic nitrogens is 1. The number of thiazole rings is 1. The molecule has 19 heavy (non-hydrogen) atoms. The van der Waals surface area contributed by atoms with E-state index in [0.717, 1.165) is 24.8 Å². The molecule has 0 atom stereocenters. The number of carbonyl (C=O) groups is 1. The van der Waals surface area contributed by atoms with E-state index in [1.165, 1.54) is 17.4 Å². The Morgan fingerprint density at radius 2 is 2.16 bits per heavy atom. The number of halogens is 1. The number of hydrogen-bond donors (Lipinski definition) is 0. The third-order valence-corrected chi connectivity index (χ3v) is 4.31. The fourth-order valence-corrected chi connectivity index (χ4v) is 2.98. The summed E-state index contributed by atoms with van der Waals surface area (Å²) in [5.74, 6) is 0.125. The molecule has 1 fully saturated rings. The van der Waals surface area contributed by atoms with Crippen molar-refractivity contribution in [3.8, 4) is 0 Å². The molecule has 98 valence electrons. The number of aldehydes is 1. The van der Waals surface area contributed by atoms with E-state index in [-0.39, 0.29) is 5.82 Å². The standard InChI is InChI=1S/C14H13FN2OS/c1-17(11-5-3-2-4-10(11)15)14-16-13(9-6-7-9)12(8-18)19-14/h2-5,8-9H,6-7H2,1H3. The maximum Gasteiger partial charge on any atom is 0.190 e. The third-order valence-electron chi connectivity index (χ3n) is 3.24. The second kappa shape index (κ2) is 4.74. The summed E-state index contributed by atoms with van der Waals surface area (Å²) in [6.45, 7) is 0. The smallest absolute Gasteiger partial charge is 0.190 e. The van der Waals surface area contributed by atoms with Gasteiger partial charge in [-0.2, -0.15) is 0 Å². The van der Waals surface area contributed by atoms with Crippen LogP contribution in [0.5, 0.6) is 0 Å². The van der Waals surface area contributed by atoms with Gasteiger partial charge < -0.3 is 4.90 Å². The predicted octanol–water partition coefficient (Wildman–Crippen LogP) is 3.74. The number of para-hydroxylation sites is 1. The molecule has 0 spiro atoms. The van der Waals surface area contributed by atoms with Gasteiger partial charge in [0.2, 0.25) is 0 Å². The van der Waals surface area contributed by atoms with Crippen LogP contribution in [0, 0.1) is 5.82 Å². The first-order chi connectivity index (χ1) is 9.20. The van der Waals surface area contributed by atoms with Crippen molar-refractivity contribution in [3.05, 3.63) is 40.7 Å². The van der Waals surface area contributed by atoms with Crippen LogP contribution in [0.25, 0.3) is 0 Å². The van der Waals surface area contributed by atoms with Gasteiger partial charge in [0.25, 0.3) is 0 Å². The Kier molecular flexibility index (Phi) is 3.06. The van der Waals surface area contributed by atoms with E-state index >= 15 is 0 Å². The summed E-state index contributed by atoms with van der Waals surface area (Å²) in [6.07, 6.45) is 3.03. The maximum absolute atomic E-state index is 13.8. The molecule has 3 nitrogen and oxygen atoms in total. The van der Waals surface area contributed by atoms with Crippen molar-refractivity contribution in [2.45, 2.75) is 18.8 Å². The van der Waals surface area contributed by atoms with Crippen molar-refractivity contribution in [1.29, 1.82) is 0 Å². The second-order valence-electron chi connectivity index (χ2n) is 4.65. The Hall–Kier alpha value is -1.75. The first kappa shape index (κ1) is 12.3. The number of nitrogens with zero attached hydrogens (tertiary/aromatic N) is 2. The molecule has 0 bridgehead atoms. The molecule has 0 radical (unpaired) electrons. The molecule has 0 unspecified atom stereocenters. The molecule has 1 aromatic carbocycles. The number of benzene rings is 1. The van der Waals surface area contributed by atoms with E-state index in [1.54, 1.807) is 30.1 Å². The lowest BCUT2D eigenvalue weighted by Crippen LogP contribution is -2.10. The van der Waals surface area contributed by atoms with Crippen LogP contribution in [0.3, 0.4) is 0 Å². The molecule has 1 heterocycles. The first-order valence-electron chi connectivity index (χ1n) is 6.15. The van der Waals surface area contributed by atoms with Gasteiger partial charge in [-0.3, -0.25) is 4.79 Å². The van der Waals surface area contributed by atoms with Crippen molar-refractivity contribution in [2.24, 2.45) is 0 Å². The minimum atomic E-state index is -0.291. The summed E-state index contributed by atoms with van der Waals surface area (Å²) in [5.41, 5.74) is 1.34. The van der Waals surface area contributed by atoms with Crippen LogP contribution in [0.4, 0.5) is 15.2 Å². The van der Waals surface area contributed by atoms with Crippen LogP contribution < -0.4 is 4.90 Å². The minimum absolute atomic E-state index is 0.291. The van der Waals surface area contributed by atoms with Gasteiger partial charge >= 0.3 is 0 Å². The van der Waals surface area contributed by atoms with Gasteiger partial charge in [-0.1, -0.05) is 23.5 Å². The maximum atomic E-state index is 13.8. The normalized spacial score (nSPS) is 14.4. The Balaban J connectivity index is 1.98. The molecule has 1 aromatic heterocycles. The molecule has 5 heteroatoms. The highest BCUT2D eigenvalue weighted by atomic mass is 32.1. The predicted molar refractivity (Wildman–Crippen MR) is 73.9 cm³/mol. The summed E-state index contributed by atoms with van der Waals surface area (Å²) in [5, 5.41) is 0.661. The Labute approximate surface area is 114 Å². The largest absolute Gasteiger partial charge is 0.318 e. The Morgan fingerprint density at radius 1 is 1.42 bits per heavy atom. The van der Waals surface area contributed by atoms with Gasteiger partial charge in [-0.25, -0.2) is 9.37 Å². The highest BCUT2D eigenvalue weighted by molar-refractivity contribution is 7.17. The van der Waals surface area contributed by atoms with Gasteiger partial charge in [0.15, 0.2) is 11.4 Å². The number of carbonyl (C=O) groups excluding carboxylic acids is 1. The SMILES string of the molecule is CN(c1nc(C2CC2)c(C=O)s1)c1ccccc1F. The highest BCUT2D eigenvalue weighted by Gasteiger charge is 2.30. The molecule has 0 N–H and O–H groups in total. The van der Waals surface area contributed by atoms with Crippen LogP contribution in [-0.2, 0) is 0 Å². The van der Waals surface area contributed by atoms with E-state index in [4.69, 9.17) is 0 Å². The topological polar surface area (TPSA) is 33.2 Å². The molecule has 0 amide bonds. The van der Waals surface area contributed by atoms with Gasteiger partial charge in [0, 0.05) is 13.0 Å². The summed E-state index contributed by atoms with van der Waals surface area (Å²) in [7, 11) is 1.77. The molecule has 1 aliphatic rings. The Bertz CT molecular complexity index is 622. The number of hydrogen-bond acceptors (Lipinski definition) is 4. The van der Waals surface area contributed by atoms with Gasteiger partial charge in [0.1, 0.15) is 5.82 Å². The lowest BCUT2D eigenvalue weighted by Gasteiger charge is -2.16. The Morgan fingerprint density at radius 3 is 2.79 bits per heavy atom. The van der Waals surface area contributed by atoms with Crippen molar-refractivity contribution in [1.82, 2.24) is 4.98 Å². The lowest BCUT2D eigenvalue weighted by molar-refractivity contribution is 0.112. The van der Waals surface area contributed by atoms with Crippen LogP contribution >= 0.6 is 11.3 Å². The molecule has 1 aliphatic carbocycles. The first-order valence-corrected chi connectivity index (χ1v) is 6.96. The zero-order chi connectivity index (χ0) is 13.4. The van der Waals surface area contributed by atoms with E-state index in [1.807, 2.05) is 0 Å². The van der Waals surface area contributed by atoms with E-state index in [9.17, 15) is 9.18 Å². The summed E-state index contributed by atoms with van der Waals surface area (Å²) in [4.78, 5) is 17.9. The van der Waals surface area contributed by atoms with Crippen molar-refractivity contribution >= 4 is 28.4 Å². The number of rotatable bonds is 4. The quantitative estimate of drug-likeness (QED) is 0.798. The molecule has 1 saturated carbocycles. The van der Waals surface area contributed by atoms with E-state index < -0.39 is 0 Å². The summed E-state index contributed by atoms with van der Waals surface area (Å²) < 4.78 is 13.8. The van der Waals surface area contributed by atoms with Gasteiger partial charge in [-0.05, 0) is 25.0 Å². The summed E-state index contributed by atoms with van der Waals surface area (Å²) in [6, 6.07) is 6.56. The average molecular weight is 276 g/mol. The van der Waals surface area contributed by atoms with Crippen LogP contribution in [-0.4, -0.2) is 18.3 Å². The van der Waals surface area contributed by atoms with E-state index in [0.29, 0.717) is 21.6 Å². The molecular weight excluding hydrogens is 263 g/mol. The molecular formula is C14H13FN2OS. The monoisotopic (exact) mass is 276 g/mol. The van der Waals surface area contributed by atoms with Crippen molar-refractivity contribution in [3.63, 3.8) is 0 Å². The molecule has 0 aliphatic heterocycles. The fraction of sp³-hybridized carbons (Fsp3) is 0.286. The van der Waals surface area contributed by atoms with Crippen LogP contribution in [0.1, 0.15) is 34.1 Å². The second-order valence-corrected chi connectivity index (χ2v) is 5.66. The molecule has 3 rings (SSSR count). The molecule has 0 saturated heterocycles. The third kappa shape index (κ3) is 2.26. The average Bonchev–Trinajstić information content (AvgIpc) is 3.18.